The molecule has 0 bridgehead atoms. The second-order valence-electron chi connectivity index (χ2n) is 3.65. The lowest BCUT2D eigenvalue weighted by atomic mass is 9.85. The molecule has 0 saturated heterocycles. The van der Waals surface area contributed by atoms with Crippen LogP contribution in [0.15, 0.2) is 0 Å². The van der Waals surface area contributed by atoms with Crippen LogP contribution < -0.4 is 5.73 Å². The van der Waals surface area contributed by atoms with Crippen molar-refractivity contribution in [1.82, 2.24) is 0 Å². The van der Waals surface area contributed by atoms with Gasteiger partial charge in [0, 0.05) is 6.04 Å². The first-order chi connectivity index (χ1) is 5.33. The summed E-state index contributed by atoms with van der Waals surface area (Å²) in [7, 11) is 0. The molecule has 66 valence electrons. The van der Waals surface area contributed by atoms with E-state index in [1.54, 1.807) is 0 Å². The summed E-state index contributed by atoms with van der Waals surface area (Å²) < 4.78 is 12.0. The molecule has 1 aliphatic carbocycles. The lowest BCUT2D eigenvalue weighted by Crippen LogP contribution is -2.26. The van der Waals surface area contributed by atoms with Crippen LogP contribution in [-0.4, -0.2) is 12.7 Å². The third kappa shape index (κ3) is 3.19. The molecule has 1 nitrogen and oxygen atoms in total. The Hall–Kier alpha value is -0.110. The normalized spacial score (nSPS) is 23.5. The van der Waals surface area contributed by atoms with Gasteiger partial charge in [0.1, 0.15) is 6.67 Å². The molecule has 0 aromatic carbocycles. The molecule has 0 spiro atoms. The lowest BCUT2D eigenvalue weighted by molar-refractivity contribution is 0.293. The Balaban J connectivity index is 2.13. The average Bonchev–Trinajstić information content (AvgIpc) is 2.06. The molecular weight excluding hydrogens is 141 g/mol. The van der Waals surface area contributed by atoms with E-state index in [0.29, 0.717) is 0 Å². The summed E-state index contributed by atoms with van der Waals surface area (Å²) in [5, 5.41) is 0. The minimum Gasteiger partial charge on any atom is -0.325 e. The molecule has 0 aliphatic heterocycles. The molecule has 1 atom stereocenters. The van der Waals surface area contributed by atoms with Gasteiger partial charge >= 0.3 is 0 Å². The van der Waals surface area contributed by atoms with Crippen molar-refractivity contribution in [2.24, 2.45) is 11.7 Å². The van der Waals surface area contributed by atoms with Gasteiger partial charge in [0.05, 0.1) is 0 Å². The topological polar surface area (TPSA) is 26.0 Å². The minimum atomic E-state index is -0.351. The molecule has 0 aromatic heterocycles. The molecule has 0 heterocycles. The summed E-state index contributed by atoms with van der Waals surface area (Å²) in [6.07, 6.45) is 7.45. The second-order valence-corrected chi connectivity index (χ2v) is 3.65. The fourth-order valence-electron chi connectivity index (χ4n) is 1.91. The van der Waals surface area contributed by atoms with Gasteiger partial charge in [0.2, 0.25) is 0 Å². The maximum atomic E-state index is 12.0. The highest BCUT2D eigenvalue weighted by molar-refractivity contribution is 4.71. The molecule has 0 radical (unpaired) electrons. The monoisotopic (exact) mass is 159 g/mol. The first-order valence-corrected chi connectivity index (χ1v) is 4.64. The zero-order valence-electron chi connectivity index (χ0n) is 7.06. The summed E-state index contributed by atoms with van der Waals surface area (Å²) in [5.41, 5.74) is 5.53. The van der Waals surface area contributed by atoms with Crippen LogP contribution in [0.25, 0.3) is 0 Å². The van der Waals surface area contributed by atoms with Crippen molar-refractivity contribution < 1.29 is 4.39 Å². The summed E-state index contributed by atoms with van der Waals surface area (Å²) in [4.78, 5) is 0. The van der Waals surface area contributed by atoms with E-state index in [1.807, 2.05) is 0 Å². The molecule has 1 unspecified atom stereocenters. The smallest absolute Gasteiger partial charge is 0.104 e. The first-order valence-electron chi connectivity index (χ1n) is 4.64. The van der Waals surface area contributed by atoms with E-state index in [9.17, 15) is 4.39 Å². The van der Waals surface area contributed by atoms with Crippen molar-refractivity contribution in [3.05, 3.63) is 0 Å². The van der Waals surface area contributed by atoms with Gasteiger partial charge < -0.3 is 5.73 Å². The summed E-state index contributed by atoms with van der Waals surface area (Å²) in [6, 6.07) is -0.196. The van der Waals surface area contributed by atoms with E-state index >= 15 is 0 Å². The predicted octanol–water partition coefficient (Wildman–Crippen LogP) is 2.25. The third-order valence-electron chi connectivity index (χ3n) is 2.56. The molecule has 1 fully saturated rings. The van der Waals surface area contributed by atoms with Gasteiger partial charge in [-0.2, -0.15) is 0 Å². The molecule has 11 heavy (non-hydrogen) atoms. The molecule has 0 aromatic rings. The van der Waals surface area contributed by atoms with Crippen molar-refractivity contribution in [3.63, 3.8) is 0 Å². The Kier molecular flexibility index (Phi) is 3.84. The SMILES string of the molecule is NC(CF)CC1CCCCC1. The molecular formula is C9H18FN. The van der Waals surface area contributed by atoms with E-state index in [1.165, 1.54) is 32.1 Å². The van der Waals surface area contributed by atoms with Crippen LogP contribution in [0.3, 0.4) is 0 Å². The second kappa shape index (κ2) is 4.70. The van der Waals surface area contributed by atoms with E-state index in [0.717, 1.165) is 12.3 Å². The van der Waals surface area contributed by atoms with E-state index in [-0.39, 0.29) is 12.7 Å². The molecule has 1 rings (SSSR count). The lowest BCUT2D eigenvalue weighted by Gasteiger charge is -2.23. The molecule has 2 heteroatoms. The third-order valence-corrected chi connectivity index (χ3v) is 2.56. The zero-order valence-corrected chi connectivity index (χ0v) is 7.06. The quantitative estimate of drug-likeness (QED) is 0.671. The molecule has 0 amide bonds. The van der Waals surface area contributed by atoms with Crippen LogP contribution in [0, 0.1) is 5.92 Å². The fraction of sp³-hybridized carbons (Fsp3) is 1.00. The number of halogens is 1. The van der Waals surface area contributed by atoms with Crippen LogP contribution in [0.2, 0.25) is 0 Å². The van der Waals surface area contributed by atoms with Crippen LogP contribution >= 0.6 is 0 Å². The minimum absolute atomic E-state index is 0.196. The van der Waals surface area contributed by atoms with Crippen molar-refractivity contribution in [1.29, 1.82) is 0 Å². The molecule has 2 N–H and O–H groups in total. The first kappa shape index (κ1) is 8.98. The van der Waals surface area contributed by atoms with E-state index in [4.69, 9.17) is 5.73 Å². The predicted molar refractivity (Wildman–Crippen MR) is 45.1 cm³/mol. The number of rotatable bonds is 3. The number of alkyl halides is 1. The van der Waals surface area contributed by atoms with Gasteiger partial charge in [0.15, 0.2) is 0 Å². The van der Waals surface area contributed by atoms with Crippen LogP contribution in [0.5, 0.6) is 0 Å². The number of hydrogen-bond donors (Lipinski definition) is 1. The Morgan fingerprint density at radius 1 is 1.27 bits per heavy atom. The highest BCUT2D eigenvalue weighted by Crippen LogP contribution is 2.26. The standard InChI is InChI=1S/C9H18FN/c10-7-9(11)6-8-4-2-1-3-5-8/h8-9H,1-7,11H2. The van der Waals surface area contributed by atoms with Gasteiger partial charge in [-0.3, -0.25) is 0 Å². The largest absolute Gasteiger partial charge is 0.325 e. The van der Waals surface area contributed by atoms with Gasteiger partial charge in [-0.15, -0.1) is 0 Å². The maximum Gasteiger partial charge on any atom is 0.104 e. The van der Waals surface area contributed by atoms with Gasteiger partial charge in [-0.05, 0) is 12.3 Å². The summed E-state index contributed by atoms with van der Waals surface area (Å²) in [6.45, 7) is -0.351. The van der Waals surface area contributed by atoms with Crippen LogP contribution in [0.1, 0.15) is 38.5 Å². The Bertz CT molecular complexity index is 99.7. The molecule has 1 aliphatic rings. The van der Waals surface area contributed by atoms with Crippen molar-refractivity contribution in [3.8, 4) is 0 Å². The van der Waals surface area contributed by atoms with Gasteiger partial charge in [-0.1, -0.05) is 32.1 Å². The number of nitrogens with two attached hydrogens (primary N) is 1. The highest BCUT2D eigenvalue weighted by atomic mass is 19.1. The van der Waals surface area contributed by atoms with Crippen molar-refractivity contribution in [2.75, 3.05) is 6.67 Å². The number of hydrogen-bond acceptors (Lipinski definition) is 1. The highest BCUT2D eigenvalue weighted by Gasteiger charge is 2.16. The van der Waals surface area contributed by atoms with Crippen molar-refractivity contribution in [2.45, 2.75) is 44.6 Å². The van der Waals surface area contributed by atoms with Crippen molar-refractivity contribution >= 4 is 0 Å². The van der Waals surface area contributed by atoms with Crippen LogP contribution in [-0.2, 0) is 0 Å². The van der Waals surface area contributed by atoms with Gasteiger partial charge in [0.25, 0.3) is 0 Å². The zero-order chi connectivity index (χ0) is 8.10. The Labute approximate surface area is 68.2 Å². The Morgan fingerprint density at radius 2 is 1.91 bits per heavy atom. The summed E-state index contributed by atoms with van der Waals surface area (Å²) >= 11 is 0. The maximum absolute atomic E-state index is 12.0. The van der Waals surface area contributed by atoms with E-state index in [2.05, 4.69) is 0 Å². The van der Waals surface area contributed by atoms with E-state index < -0.39 is 0 Å². The van der Waals surface area contributed by atoms with Crippen LogP contribution in [0.4, 0.5) is 4.39 Å². The Morgan fingerprint density at radius 3 is 2.45 bits per heavy atom. The fourth-order valence-corrected chi connectivity index (χ4v) is 1.91. The molecule has 1 saturated carbocycles. The van der Waals surface area contributed by atoms with Gasteiger partial charge in [-0.25, -0.2) is 4.39 Å². The summed E-state index contributed by atoms with van der Waals surface area (Å²) in [5.74, 6) is 0.717. The average molecular weight is 159 g/mol.